The summed E-state index contributed by atoms with van der Waals surface area (Å²) in [6.45, 7) is 4.40. The number of aryl methyl sites for hydroxylation is 1. The molecule has 2 unspecified atom stereocenters. The minimum absolute atomic E-state index is 0.271. The molecule has 0 aromatic carbocycles. The van der Waals surface area contributed by atoms with Gasteiger partial charge in [0.15, 0.2) is 0 Å². The van der Waals surface area contributed by atoms with E-state index in [0.717, 1.165) is 12.2 Å². The van der Waals surface area contributed by atoms with Crippen molar-refractivity contribution in [2.45, 2.75) is 39.2 Å². The molecular formula is C10H21N5. The second-order valence-corrected chi connectivity index (χ2v) is 4.04. The van der Waals surface area contributed by atoms with Crippen molar-refractivity contribution in [3.8, 4) is 0 Å². The fraction of sp³-hybridized carbons (Fsp3) is 0.800. The molecule has 1 rings (SSSR count). The van der Waals surface area contributed by atoms with Crippen molar-refractivity contribution >= 4 is 0 Å². The maximum Gasteiger partial charge on any atom is 0.138 e. The van der Waals surface area contributed by atoms with Crippen LogP contribution in [0.3, 0.4) is 0 Å². The summed E-state index contributed by atoms with van der Waals surface area (Å²) in [6, 6.07) is 0.271. The molecule has 5 nitrogen and oxygen atoms in total. The van der Waals surface area contributed by atoms with E-state index >= 15 is 0 Å². The van der Waals surface area contributed by atoms with Gasteiger partial charge in [0, 0.05) is 19.5 Å². The predicted octanol–water partition coefficient (Wildman–Crippen LogP) is 0.626. The number of hydrogen-bond donors (Lipinski definition) is 2. The first-order valence-electron chi connectivity index (χ1n) is 5.48. The van der Waals surface area contributed by atoms with Gasteiger partial charge in [0.05, 0.1) is 0 Å². The third-order valence-corrected chi connectivity index (χ3v) is 2.85. The van der Waals surface area contributed by atoms with Crippen molar-refractivity contribution in [2.24, 2.45) is 18.8 Å². The molecule has 1 heterocycles. The van der Waals surface area contributed by atoms with E-state index in [1.807, 2.05) is 7.05 Å². The summed E-state index contributed by atoms with van der Waals surface area (Å²) in [6.07, 6.45) is 4.76. The molecule has 1 aromatic rings. The first kappa shape index (κ1) is 12.1. The van der Waals surface area contributed by atoms with Gasteiger partial charge in [-0.05, 0) is 12.3 Å². The molecule has 0 radical (unpaired) electrons. The Balaban J connectivity index is 2.57. The van der Waals surface area contributed by atoms with Crippen molar-refractivity contribution < 1.29 is 0 Å². The molecule has 3 N–H and O–H groups in total. The largest absolute Gasteiger partial charge is 0.271 e. The SMILES string of the molecule is CCCC(C)C(Cc1ncnn1C)NN. The number of nitrogens with zero attached hydrogens (tertiary/aromatic N) is 3. The molecule has 0 saturated heterocycles. The topological polar surface area (TPSA) is 68.8 Å². The Morgan fingerprint density at radius 3 is 2.80 bits per heavy atom. The van der Waals surface area contributed by atoms with Gasteiger partial charge in [-0.3, -0.25) is 16.0 Å². The van der Waals surface area contributed by atoms with Crippen LogP contribution in [0.15, 0.2) is 6.33 Å². The van der Waals surface area contributed by atoms with Gasteiger partial charge in [0.2, 0.25) is 0 Å². The zero-order valence-corrected chi connectivity index (χ0v) is 9.77. The molecule has 0 aliphatic carbocycles. The number of rotatable bonds is 6. The van der Waals surface area contributed by atoms with Crippen LogP contribution in [-0.2, 0) is 13.5 Å². The van der Waals surface area contributed by atoms with Gasteiger partial charge >= 0.3 is 0 Å². The average Bonchev–Trinajstić information content (AvgIpc) is 2.61. The number of nitrogens with one attached hydrogen (secondary N) is 1. The number of nitrogens with two attached hydrogens (primary N) is 1. The van der Waals surface area contributed by atoms with Gasteiger partial charge in [0.25, 0.3) is 0 Å². The lowest BCUT2D eigenvalue weighted by atomic mass is 9.95. The van der Waals surface area contributed by atoms with Crippen molar-refractivity contribution in [1.82, 2.24) is 20.2 Å². The molecule has 86 valence electrons. The van der Waals surface area contributed by atoms with Crippen LogP contribution < -0.4 is 11.3 Å². The van der Waals surface area contributed by atoms with Crippen LogP contribution in [0.1, 0.15) is 32.5 Å². The maximum absolute atomic E-state index is 5.56. The van der Waals surface area contributed by atoms with Crippen LogP contribution in [0.5, 0.6) is 0 Å². The van der Waals surface area contributed by atoms with Gasteiger partial charge in [-0.25, -0.2) is 4.98 Å². The molecule has 0 bridgehead atoms. The predicted molar refractivity (Wildman–Crippen MR) is 59.9 cm³/mol. The van der Waals surface area contributed by atoms with Crippen LogP contribution in [0, 0.1) is 5.92 Å². The second kappa shape index (κ2) is 5.82. The van der Waals surface area contributed by atoms with Gasteiger partial charge in [-0.1, -0.05) is 20.3 Å². The van der Waals surface area contributed by atoms with Crippen molar-refractivity contribution in [3.05, 3.63) is 12.2 Å². The first-order valence-corrected chi connectivity index (χ1v) is 5.48. The lowest BCUT2D eigenvalue weighted by Gasteiger charge is -2.22. The molecule has 2 atom stereocenters. The summed E-state index contributed by atoms with van der Waals surface area (Å²) < 4.78 is 1.79. The minimum atomic E-state index is 0.271. The molecule has 0 aliphatic rings. The van der Waals surface area contributed by atoms with Crippen LogP contribution >= 0.6 is 0 Å². The van der Waals surface area contributed by atoms with Crippen LogP contribution in [0.25, 0.3) is 0 Å². The zero-order chi connectivity index (χ0) is 11.3. The summed E-state index contributed by atoms with van der Waals surface area (Å²) in [5, 5.41) is 4.05. The van der Waals surface area contributed by atoms with E-state index in [2.05, 4.69) is 29.4 Å². The first-order chi connectivity index (χ1) is 7.19. The summed E-state index contributed by atoms with van der Waals surface area (Å²) in [5.41, 5.74) is 2.87. The zero-order valence-electron chi connectivity index (χ0n) is 9.77. The monoisotopic (exact) mass is 211 g/mol. The minimum Gasteiger partial charge on any atom is -0.271 e. The number of aromatic nitrogens is 3. The Morgan fingerprint density at radius 1 is 1.60 bits per heavy atom. The highest BCUT2D eigenvalue weighted by Gasteiger charge is 2.17. The molecule has 0 aliphatic heterocycles. The smallest absolute Gasteiger partial charge is 0.138 e. The number of hydrogen-bond acceptors (Lipinski definition) is 4. The maximum atomic E-state index is 5.56. The molecule has 0 fully saturated rings. The van der Waals surface area contributed by atoms with Gasteiger partial charge < -0.3 is 0 Å². The Labute approximate surface area is 91.0 Å². The van der Waals surface area contributed by atoms with Gasteiger partial charge in [-0.2, -0.15) is 5.10 Å². The lowest BCUT2D eigenvalue weighted by molar-refractivity contribution is 0.349. The summed E-state index contributed by atoms with van der Waals surface area (Å²) in [4.78, 5) is 4.20. The third-order valence-electron chi connectivity index (χ3n) is 2.85. The van der Waals surface area contributed by atoms with E-state index in [1.54, 1.807) is 11.0 Å². The van der Waals surface area contributed by atoms with Crippen LogP contribution in [0.2, 0.25) is 0 Å². The standard InChI is InChI=1S/C10H21N5/c1-4-5-8(2)9(14-11)6-10-12-7-13-15(10)3/h7-9,14H,4-6,11H2,1-3H3. The third kappa shape index (κ3) is 3.28. The average molecular weight is 211 g/mol. The lowest BCUT2D eigenvalue weighted by Crippen LogP contribution is -2.42. The fourth-order valence-corrected chi connectivity index (χ4v) is 1.78. The molecule has 0 amide bonds. The van der Waals surface area contributed by atoms with Gasteiger partial charge in [-0.15, -0.1) is 0 Å². The molecule has 15 heavy (non-hydrogen) atoms. The highest BCUT2D eigenvalue weighted by atomic mass is 15.3. The van der Waals surface area contributed by atoms with Crippen molar-refractivity contribution in [1.29, 1.82) is 0 Å². The quantitative estimate of drug-likeness (QED) is 0.535. The van der Waals surface area contributed by atoms with E-state index in [0.29, 0.717) is 5.92 Å². The molecule has 5 heteroatoms. The van der Waals surface area contributed by atoms with Crippen molar-refractivity contribution in [3.63, 3.8) is 0 Å². The Morgan fingerprint density at radius 2 is 2.33 bits per heavy atom. The molecule has 0 spiro atoms. The second-order valence-electron chi connectivity index (χ2n) is 4.04. The van der Waals surface area contributed by atoms with E-state index in [1.165, 1.54) is 12.8 Å². The van der Waals surface area contributed by atoms with E-state index in [-0.39, 0.29) is 6.04 Å². The summed E-state index contributed by atoms with van der Waals surface area (Å²) in [5.74, 6) is 7.09. The Kier molecular flexibility index (Phi) is 4.71. The highest BCUT2D eigenvalue weighted by Crippen LogP contribution is 2.13. The van der Waals surface area contributed by atoms with E-state index < -0.39 is 0 Å². The Hall–Kier alpha value is -0.940. The van der Waals surface area contributed by atoms with Crippen LogP contribution in [0.4, 0.5) is 0 Å². The van der Waals surface area contributed by atoms with Gasteiger partial charge in [0.1, 0.15) is 12.2 Å². The summed E-state index contributed by atoms with van der Waals surface area (Å²) >= 11 is 0. The fourth-order valence-electron chi connectivity index (χ4n) is 1.78. The van der Waals surface area contributed by atoms with E-state index in [9.17, 15) is 0 Å². The molecule has 1 aromatic heterocycles. The van der Waals surface area contributed by atoms with Crippen molar-refractivity contribution in [2.75, 3.05) is 0 Å². The number of hydrazine groups is 1. The normalized spacial score (nSPS) is 15.2. The summed E-state index contributed by atoms with van der Waals surface area (Å²) in [7, 11) is 1.90. The van der Waals surface area contributed by atoms with Crippen LogP contribution in [-0.4, -0.2) is 20.8 Å². The molecule has 0 saturated carbocycles. The Bertz CT molecular complexity index is 283. The van der Waals surface area contributed by atoms with E-state index in [4.69, 9.17) is 5.84 Å². The highest BCUT2D eigenvalue weighted by molar-refractivity contribution is 4.90. The molecular weight excluding hydrogens is 190 g/mol.